The first-order valence-electron chi connectivity index (χ1n) is 5.00. The number of rotatable bonds is 1. The fourth-order valence-electron chi connectivity index (χ4n) is 1.62. The van der Waals surface area contributed by atoms with E-state index >= 15 is 0 Å². The summed E-state index contributed by atoms with van der Waals surface area (Å²) in [5.74, 6) is -0.265. The van der Waals surface area contributed by atoms with Crippen LogP contribution in [0, 0.1) is 5.82 Å². The van der Waals surface area contributed by atoms with Gasteiger partial charge in [0.15, 0.2) is 5.65 Å². The highest BCUT2D eigenvalue weighted by atomic mass is 35.5. The molecule has 0 spiro atoms. The largest absolute Gasteiger partial charge is 0.222 e. The van der Waals surface area contributed by atoms with E-state index in [1.165, 1.54) is 12.1 Å². The van der Waals surface area contributed by atoms with Gasteiger partial charge in [-0.3, -0.25) is 0 Å². The van der Waals surface area contributed by atoms with Crippen molar-refractivity contribution in [3.63, 3.8) is 0 Å². The Labute approximate surface area is 101 Å². The topological polar surface area (TPSA) is 30.2 Å². The molecule has 0 aliphatic rings. The van der Waals surface area contributed by atoms with E-state index in [9.17, 15) is 4.39 Å². The average Bonchev–Trinajstić information content (AvgIpc) is 2.72. The lowest BCUT2D eigenvalue weighted by atomic mass is 10.1. The number of hydrogen-bond donors (Lipinski definition) is 0. The van der Waals surface area contributed by atoms with Crippen molar-refractivity contribution in [2.24, 2.45) is 0 Å². The van der Waals surface area contributed by atoms with Gasteiger partial charge in [-0.05, 0) is 30.3 Å². The summed E-state index contributed by atoms with van der Waals surface area (Å²) in [4.78, 5) is 4.13. The van der Waals surface area contributed by atoms with Crippen molar-refractivity contribution in [1.29, 1.82) is 0 Å². The zero-order chi connectivity index (χ0) is 11.8. The zero-order valence-corrected chi connectivity index (χ0v) is 9.39. The fourth-order valence-corrected chi connectivity index (χ4v) is 1.76. The van der Waals surface area contributed by atoms with Crippen LogP contribution in [0.3, 0.4) is 0 Å². The molecule has 2 aromatic heterocycles. The van der Waals surface area contributed by atoms with Crippen LogP contribution in [0.4, 0.5) is 4.39 Å². The van der Waals surface area contributed by atoms with Gasteiger partial charge < -0.3 is 0 Å². The van der Waals surface area contributed by atoms with Crippen LogP contribution in [-0.4, -0.2) is 14.6 Å². The van der Waals surface area contributed by atoms with E-state index in [1.54, 1.807) is 35.0 Å². The third-order valence-corrected chi connectivity index (χ3v) is 2.64. The summed E-state index contributed by atoms with van der Waals surface area (Å²) in [5.41, 5.74) is 2.24. The molecule has 0 saturated heterocycles. The predicted molar refractivity (Wildman–Crippen MR) is 63.4 cm³/mol. The summed E-state index contributed by atoms with van der Waals surface area (Å²) in [7, 11) is 0. The SMILES string of the molecule is Fc1ccc(-c2cc3nc(Cl)ccn3n2)cc1. The first-order valence-corrected chi connectivity index (χ1v) is 5.38. The second-order valence-electron chi connectivity index (χ2n) is 3.59. The molecule has 17 heavy (non-hydrogen) atoms. The molecule has 5 heteroatoms. The van der Waals surface area contributed by atoms with Gasteiger partial charge in [0, 0.05) is 17.8 Å². The van der Waals surface area contributed by atoms with Crippen LogP contribution in [-0.2, 0) is 0 Å². The molecule has 0 bridgehead atoms. The van der Waals surface area contributed by atoms with E-state index in [-0.39, 0.29) is 5.82 Å². The Kier molecular flexibility index (Phi) is 2.30. The fraction of sp³-hybridized carbons (Fsp3) is 0. The van der Waals surface area contributed by atoms with Gasteiger partial charge >= 0.3 is 0 Å². The summed E-state index contributed by atoms with van der Waals surface area (Å²) in [6.45, 7) is 0. The summed E-state index contributed by atoms with van der Waals surface area (Å²) in [5, 5.41) is 4.75. The molecule has 3 nitrogen and oxygen atoms in total. The smallest absolute Gasteiger partial charge is 0.157 e. The van der Waals surface area contributed by atoms with E-state index < -0.39 is 0 Å². The summed E-state index contributed by atoms with van der Waals surface area (Å²) in [6, 6.07) is 9.63. The molecule has 84 valence electrons. The lowest BCUT2D eigenvalue weighted by Gasteiger charge is -1.94. The van der Waals surface area contributed by atoms with E-state index in [1.807, 2.05) is 0 Å². The molecule has 0 radical (unpaired) electrons. The molecule has 1 aromatic carbocycles. The molecule has 0 aliphatic heterocycles. The quantitative estimate of drug-likeness (QED) is 0.618. The van der Waals surface area contributed by atoms with Gasteiger partial charge in [0.1, 0.15) is 11.0 Å². The van der Waals surface area contributed by atoms with E-state index in [0.717, 1.165) is 11.3 Å². The normalized spacial score (nSPS) is 10.9. The molecule has 3 rings (SSSR count). The third kappa shape index (κ3) is 1.87. The minimum atomic E-state index is -0.265. The van der Waals surface area contributed by atoms with Crippen molar-refractivity contribution in [3.05, 3.63) is 53.6 Å². The number of nitrogens with zero attached hydrogens (tertiary/aromatic N) is 3. The summed E-state index contributed by atoms with van der Waals surface area (Å²) < 4.78 is 14.4. The molecule has 3 aromatic rings. The van der Waals surface area contributed by atoms with Gasteiger partial charge in [-0.25, -0.2) is 13.9 Å². The Morgan fingerprint density at radius 2 is 1.88 bits per heavy atom. The Morgan fingerprint density at radius 1 is 1.12 bits per heavy atom. The van der Waals surface area contributed by atoms with Crippen molar-refractivity contribution < 1.29 is 4.39 Å². The van der Waals surface area contributed by atoms with Crippen molar-refractivity contribution in [3.8, 4) is 11.3 Å². The monoisotopic (exact) mass is 247 g/mol. The van der Waals surface area contributed by atoms with Crippen molar-refractivity contribution in [2.45, 2.75) is 0 Å². The minimum Gasteiger partial charge on any atom is -0.222 e. The molecule has 0 aliphatic carbocycles. The third-order valence-electron chi connectivity index (χ3n) is 2.43. The summed E-state index contributed by atoms with van der Waals surface area (Å²) >= 11 is 5.79. The highest BCUT2D eigenvalue weighted by molar-refractivity contribution is 6.29. The van der Waals surface area contributed by atoms with Crippen molar-refractivity contribution >= 4 is 17.2 Å². The lowest BCUT2D eigenvalue weighted by Crippen LogP contribution is -1.88. The van der Waals surface area contributed by atoms with Crippen LogP contribution in [0.2, 0.25) is 5.15 Å². The second-order valence-corrected chi connectivity index (χ2v) is 3.98. The molecule has 0 saturated carbocycles. The first kappa shape index (κ1) is 10.2. The van der Waals surface area contributed by atoms with Gasteiger partial charge in [0.25, 0.3) is 0 Å². The van der Waals surface area contributed by atoms with Gasteiger partial charge in [0.05, 0.1) is 5.69 Å². The molecule has 2 heterocycles. The van der Waals surface area contributed by atoms with Crippen LogP contribution in [0.5, 0.6) is 0 Å². The van der Waals surface area contributed by atoms with Gasteiger partial charge in [-0.2, -0.15) is 5.10 Å². The maximum absolute atomic E-state index is 12.8. The zero-order valence-electron chi connectivity index (χ0n) is 8.64. The second kappa shape index (κ2) is 3.82. The van der Waals surface area contributed by atoms with Gasteiger partial charge in [-0.15, -0.1) is 0 Å². The van der Waals surface area contributed by atoms with E-state index in [4.69, 9.17) is 11.6 Å². The maximum Gasteiger partial charge on any atom is 0.157 e. The summed E-state index contributed by atoms with van der Waals surface area (Å²) in [6.07, 6.45) is 1.73. The van der Waals surface area contributed by atoms with Crippen LogP contribution >= 0.6 is 11.6 Å². The predicted octanol–water partition coefficient (Wildman–Crippen LogP) is 3.19. The number of benzene rings is 1. The van der Waals surface area contributed by atoms with Crippen LogP contribution in [0.25, 0.3) is 16.9 Å². The Bertz CT molecular complexity index is 676. The Hall–Kier alpha value is -1.94. The number of hydrogen-bond acceptors (Lipinski definition) is 2. The molecule has 0 N–H and O–H groups in total. The molecule has 0 unspecified atom stereocenters. The highest BCUT2D eigenvalue weighted by Crippen LogP contribution is 2.19. The van der Waals surface area contributed by atoms with Crippen LogP contribution in [0.15, 0.2) is 42.6 Å². The standard InChI is InChI=1S/C12H7ClFN3/c13-11-5-6-17-12(15-11)7-10(16-17)8-1-3-9(14)4-2-8/h1-7H. The molecule has 0 atom stereocenters. The number of fused-ring (bicyclic) bond motifs is 1. The first-order chi connectivity index (χ1) is 8.22. The maximum atomic E-state index is 12.8. The van der Waals surface area contributed by atoms with Crippen molar-refractivity contribution in [1.82, 2.24) is 14.6 Å². The minimum absolute atomic E-state index is 0.265. The van der Waals surface area contributed by atoms with Crippen LogP contribution in [0.1, 0.15) is 0 Å². The van der Waals surface area contributed by atoms with Crippen molar-refractivity contribution in [2.75, 3.05) is 0 Å². The van der Waals surface area contributed by atoms with Gasteiger partial charge in [-0.1, -0.05) is 11.6 Å². The average molecular weight is 248 g/mol. The van der Waals surface area contributed by atoms with E-state index in [2.05, 4.69) is 10.1 Å². The van der Waals surface area contributed by atoms with Gasteiger partial charge in [0.2, 0.25) is 0 Å². The molecular weight excluding hydrogens is 241 g/mol. The molecule has 0 amide bonds. The lowest BCUT2D eigenvalue weighted by molar-refractivity contribution is 0.628. The van der Waals surface area contributed by atoms with E-state index in [0.29, 0.717) is 10.8 Å². The molecule has 0 fully saturated rings. The highest BCUT2D eigenvalue weighted by Gasteiger charge is 2.05. The molecular formula is C12H7ClFN3. The van der Waals surface area contributed by atoms with Crippen LogP contribution < -0.4 is 0 Å². The number of aromatic nitrogens is 3. The number of halogens is 2. The Morgan fingerprint density at radius 3 is 2.65 bits per heavy atom. The Balaban J connectivity index is 2.14.